The minimum atomic E-state index is 0.586. The highest BCUT2D eigenvalue weighted by atomic mass is 35.5. The van der Waals surface area contributed by atoms with E-state index in [-0.39, 0.29) is 0 Å². The Morgan fingerprint density at radius 3 is 2.80 bits per heavy atom. The molecule has 1 aliphatic rings. The molecule has 1 aromatic carbocycles. The standard InChI is InChI=1S/C12H17ClN2/c1-9-2-3-10(13)8-12(9)15-11-4-6-14-7-5-11/h2-3,8,11,14-15H,4-7H2,1H3. The maximum absolute atomic E-state index is 5.98. The van der Waals surface area contributed by atoms with Gasteiger partial charge in [0, 0.05) is 16.8 Å². The van der Waals surface area contributed by atoms with Crippen LogP contribution in [0, 0.1) is 6.92 Å². The predicted molar refractivity (Wildman–Crippen MR) is 65.7 cm³/mol. The summed E-state index contributed by atoms with van der Waals surface area (Å²) in [6, 6.07) is 6.60. The van der Waals surface area contributed by atoms with Gasteiger partial charge in [-0.25, -0.2) is 0 Å². The Morgan fingerprint density at radius 2 is 2.07 bits per heavy atom. The Labute approximate surface area is 96.0 Å². The van der Waals surface area contributed by atoms with Gasteiger partial charge in [-0.05, 0) is 50.6 Å². The minimum Gasteiger partial charge on any atom is -0.382 e. The molecule has 1 aliphatic heterocycles. The van der Waals surface area contributed by atoms with Gasteiger partial charge in [-0.2, -0.15) is 0 Å². The molecule has 0 aromatic heterocycles. The van der Waals surface area contributed by atoms with E-state index in [4.69, 9.17) is 11.6 Å². The van der Waals surface area contributed by atoms with E-state index in [1.807, 2.05) is 12.1 Å². The zero-order valence-corrected chi connectivity index (χ0v) is 9.77. The van der Waals surface area contributed by atoms with Crippen molar-refractivity contribution in [1.29, 1.82) is 0 Å². The van der Waals surface area contributed by atoms with E-state index >= 15 is 0 Å². The monoisotopic (exact) mass is 224 g/mol. The zero-order chi connectivity index (χ0) is 10.7. The molecule has 0 unspecified atom stereocenters. The molecule has 1 heterocycles. The zero-order valence-electron chi connectivity index (χ0n) is 9.02. The van der Waals surface area contributed by atoms with E-state index < -0.39 is 0 Å². The van der Waals surface area contributed by atoms with Crippen molar-refractivity contribution >= 4 is 17.3 Å². The average molecular weight is 225 g/mol. The lowest BCUT2D eigenvalue weighted by molar-refractivity contribution is 0.479. The van der Waals surface area contributed by atoms with Gasteiger partial charge < -0.3 is 10.6 Å². The summed E-state index contributed by atoms with van der Waals surface area (Å²) >= 11 is 5.98. The molecule has 0 saturated carbocycles. The number of benzene rings is 1. The highest BCUT2D eigenvalue weighted by Crippen LogP contribution is 2.22. The first kappa shape index (κ1) is 10.8. The van der Waals surface area contributed by atoms with Crippen molar-refractivity contribution in [3.05, 3.63) is 28.8 Å². The summed E-state index contributed by atoms with van der Waals surface area (Å²) in [5.74, 6) is 0. The van der Waals surface area contributed by atoms with Gasteiger partial charge in [-0.15, -0.1) is 0 Å². The summed E-state index contributed by atoms with van der Waals surface area (Å²) in [6.07, 6.45) is 2.37. The van der Waals surface area contributed by atoms with Crippen molar-refractivity contribution in [2.24, 2.45) is 0 Å². The molecule has 1 aromatic rings. The van der Waals surface area contributed by atoms with E-state index in [0.29, 0.717) is 6.04 Å². The first-order valence-corrected chi connectivity index (χ1v) is 5.87. The Kier molecular flexibility index (Phi) is 3.49. The smallest absolute Gasteiger partial charge is 0.0426 e. The lowest BCUT2D eigenvalue weighted by Crippen LogP contribution is -2.35. The van der Waals surface area contributed by atoms with Gasteiger partial charge in [-0.1, -0.05) is 17.7 Å². The predicted octanol–water partition coefficient (Wildman–Crippen LogP) is 2.81. The average Bonchev–Trinajstić information content (AvgIpc) is 2.25. The highest BCUT2D eigenvalue weighted by molar-refractivity contribution is 6.30. The topological polar surface area (TPSA) is 24.1 Å². The van der Waals surface area contributed by atoms with Crippen LogP contribution in [0.3, 0.4) is 0 Å². The first-order valence-electron chi connectivity index (χ1n) is 5.49. The summed E-state index contributed by atoms with van der Waals surface area (Å²) in [5, 5.41) is 7.73. The lowest BCUT2D eigenvalue weighted by atomic mass is 10.1. The van der Waals surface area contributed by atoms with E-state index in [9.17, 15) is 0 Å². The maximum Gasteiger partial charge on any atom is 0.0426 e. The highest BCUT2D eigenvalue weighted by Gasteiger charge is 2.13. The molecule has 0 atom stereocenters. The van der Waals surface area contributed by atoms with E-state index in [2.05, 4.69) is 23.6 Å². The number of anilines is 1. The molecule has 0 amide bonds. The van der Waals surface area contributed by atoms with Crippen LogP contribution in [0.5, 0.6) is 0 Å². The van der Waals surface area contributed by atoms with Crippen LogP contribution in [0.1, 0.15) is 18.4 Å². The third kappa shape index (κ3) is 2.86. The van der Waals surface area contributed by atoms with Gasteiger partial charge >= 0.3 is 0 Å². The Balaban J connectivity index is 2.05. The molecular formula is C12H17ClN2. The quantitative estimate of drug-likeness (QED) is 0.808. The number of halogens is 1. The molecule has 0 bridgehead atoms. The van der Waals surface area contributed by atoms with E-state index in [1.165, 1.54) is 24.1 Å². The molecule has 0 aliphatic carbocycles. The fraction of sp³-hybridized carbons (Fsp3) is 0.500. The van der Waals surface area contributed by atoms with E-state index in [1.54, 1.807) is 0 Å². The van der Waals surface area contributed by atoms with Gasteiger partial charge in [-0.3, -0.25) is 0 Å². The van der Waals surface area contributed by atoms with Crippen molar-refractivity contribution in [2.75, 3.05) is 18.4 Å². The van der Waals surface area contributed by atoms with Crippen LogP contribution >= 0.6 is 11.6 Å². The number of hydrogen-bond donors (Lipinski definition) is 2. The number of rotatable bonds is 2. The summed E-state index contributed by atoms with van der Waals surface area (Å²) < 4.78 is 0. The summed E-state index contributed by atoms with van der Waals surface area (Å²) in [7, 11) is 0. The largest absolute Gasteiger partial charge is 0.382 e. The summed E-state index contributed by atoms with van der Waals surface area (Å²) in [4.78, 5) is 0. The van der Waals surface area contributed by atoms with Gasteiger partial charge in [0.05, 0.1) is 0 Å². The maximum atomic E-state index is 5.98. The Hall–Kier alpha value is -0.730. The molecule has 2 N–H and O–H groups in total. The van der Waals surface area contributed by atoms with Crippen LogP contribution in [0.2, 0.25) is 5.02 Å². The van der Waals surface area contributed by atoms with Crippen molar-refractivity contribution in [2.45, 2.75) is 25.8 Å². The van der Waals surface area contributed by atoms with Crippen molar-refractivity contribution in [3.63, 3.8) is 0 Å². The number of nitrogens with one attached hydrogen (secondary N) is 2. The van der Waals surface area contributed by atoms with Crippen molar-refractivity contribution in [3.8, 4) is 0 Å². The normalized spacial score (nSPS) is 17.7. The third-order valence-electron chi connectivity index (χ3n) is 2.90. The van der Waals surface area contributed by atoms with E-state index in [0.717, 1.165) is 18.1 Å². The molecule has 3 heteroatoms. The van der Waals surface area contributed by atoms with Crippen LogP contribution < -0.4 is 10.6 Å². The molecule has 0 radical (unpaired) electrons. The van der Waals surface area contributed by atoms with Crippen LogP contribution in [0.15, 0.2) is 18.2 Å². The minimum absolute atomic E-state index is 0.586. The van der Waals surface area contributed by atoms with Crippen LogP contribution in [-0.2, 0) is 0 Å². The molecular weight excluding hydrogens is 208 g/mol. The fourth-order valence-electron chi connectivity index (χ4n) is 1.94. The number of hydrogen-bond acceptors (Lipinski definition) is 2. The summed E-state index contributed by atoms with van der Waals surface area (Å²) in [6.45, 7) is 4.33. The van der Waals surface area contributed by atoms with Gasteiger partial charge in [0.15, 0.2) is 0 Å². The van der Waals surface area contributed by atoms with Crippen molar-refractivity contribution < 1.29 is 0 Å². The van der Waals surface area contributed by atoms with Crippen LogP contribution in [0.25, 0.3) is 0 Å². The Morgan fingerprint density at radius 1 is 1.33 bits per heavy atom. The van der Waals surface area contributed by atoms with Gasteiger partial charge in [0.2, 0.25) is 0 Å². The number of piperidine rings is 1. The van der Waals surface area contributed by atoms with Crippen molar-refractivity contribution in [1.82, 2.24) is 5.32 Å². The fourth-order valence-corrected chi connectivity index (χ4v) is 2.11. The second-order valence-corrected chi connectivity index (χ2v) is 4.56. The van der Waals surface area contributed by atoms with Gasteiger partial charge in [0.1, 0.15) is 0 Å². The third-order valence-corrected chi connectivity index (χ3v) is 3.13. The molecule has 1 saturated heterocycles. The second-order valence-electron chi connectivity index (χ2n) is 4.13. The molecule has 2 nitrogen and oxygen atoms in total. The van der Waals surface area contributed by atoms with Gasteiger partial charge in [0.25, 0.3) is 0 Å². The molecule has 82 valence electrons. The number of aryl methyl sites for hydroxylation is 1. The SMILES string of the molecule is Cc1ccc(Cl)cc1NC1CCNCC1. The molecule has 1 fully saturated rings. The Bertz CT molecular complexity index is 332. The van der Waals surface area contributed by atoms with Crippen LogP contribution in [0.4, 0.5) is 5.69 Å². The lowest BCUT2D eigenvalue weighted by Gasteiger charge is -2.25. The molecule has 2 rings (SSSR count). The molecule has 15 heavy (non-hydrogen) atoms. The molecule has 0 spiro atoms. The first-order chi connectivity index (χ1) is 7.25. The second kappa shape index (κ2) is 4.86. The summed E-state index contributed by atoms with van der Waals surface area (Å²) in [5.41, 5.74) is 2.44. The van der Waals surface area contributed by atoms with Crippen LogP contribution in [-0.4, -0.2) is 19.1 Å².